The van der Waals surface area contributed by atoms with Crippen LogP contribution in [0.4, 0.5) is 4.79 Å². The second-order valence-corrected chi connectivity index (χ2v) is 11.0. The maximum absolute atomic E-state index is 13.5. The first kappa shape index (κ1) is 29.8. The normalized spacial score (nSPS) is 14.0. The van der Waals surface area contributed by atoms with Gasteiger partial charge in [-0.15, -0.1) is 0 Å². The minimum absolute atomic E-state index is 0.0255. The summed E-state index contributed by atoms with van der Waals surface area (Å²) in [6, 6.07) is 13.2. The average Bonchev–Trinajstić information content (AvgIpc) is 3.41. The van der Waals surface area contributed by atoms with Crippen molar-refractivity contribution in [2.45, 2.75) is 51.6 Å². The first-order valence-corrected chi connectivity index (χ1v) is 13.8. The Balaban J connectivity index is 1.54. The van der Waals surface area contributed by atoms with E-state index in [1.54, 1.807) is 32.4 Å². The standard InChI is InChI=1S/C31H40N4O6/c1-31(2,3)41-30(37)34-17-14-21(15-18-34)28-26(20-33-35(28)23-7-9-24(38-4)10-8-23)29(36)32-16-13-22-19-25(39-5)11-12-27(22)40-6/h7-12,19-21H,13-18H2,1-6H3,(H,32,36). The van der Waals surface area contributed by atoms with E-state index in [1.807, 2.05) is 67.9 Å². The zero-order valence-corrected chi connectivity index (χ0v) is 24.7. The molecule has 0 spiro atoms. The SMILES string of the molecule is COc1ccc(-n2ncc(C(=O)NCCc3cc(OC)ccc3OC)c2C2CCN(C(=O)OC(C)(C)C)CC2)cc1. The number of likely N-dealkylation sites (tertiary alicyclic amines) is 1. The van der Waals surface area contributed by atoms with Gasteiger partial charge in [0.15, 0.2) is 0 Å². The van der Waals surface area contributed by atoms with Crippen LogP contribution in [0.1, 0.15) is 61.1 Å². The summed E-state index contributed by atoms with van der Waals surface area (Å²) in [5.74, 6) is 2.03. The van der Waals surface area contributed by atoms with Crippen LogP contribution in [0.15, 0.2) is 48.7 Å². The molecule has 0 bridgehead atoms. The summed E-state index contributed by atoms with van der Waals surface area (Å²) < 4.78 is 23.5. The van der Waals surface area contributed by atoms with Crippen molar-refractivity contribution in [3.8, 4) is 22.9 Å². The number of aromatic nitrogens is 2. The van der Waals surface area contributed by atoms with Gasteiger partial charge in [0, 0.05) is 25.6 Å². The van der Waals surface area contributed by atoms with Crippen LogP contribution in [0.5, 0.6) is 17.2 Å². The quantitative estimate of drug-likeness (QED) is 0.391. The molecule has 4 rings (SSSR count). The van der Waals surface area contributed by atoms with Gasteiger partial charge in [-0.2, -0.15) is 5.10 Å². The number of piperidine rings is 1. The van der Waals surface area contributed by atoms with Gasteiger partial charge < -0.3 is 29.2 Å². The molecule has 1 aliphatic rings. The molecule has 0 aliphatic carbocycles. The van der Waals surface area contributed by atoms with E-state index in [9.17, 15) is 9.59 Å². The minimum Gasteiger partial charge on any atom is -0.497 e. The van der Waals surface area contributed by atoms with E-state index in [2.05, 4.69) is 10.4 Å². The maximum Gasteiger partial charge on any atom is 0.410 e. The summed E-state index contributed by atoms with van der Waals surface area (Å²) in [6.07, 6.45) is 3.25. The van der Waals surface area contributed by atoms with Gasteiger partial charge in [-0.25, -0.2) is 9.48 Å². The molecule has 41 heavy (non-hydrogen) atoms. The summed E-state index contributed by atoms with van der Waals surface area (Å²) >= 11 is 0. The number of carbonyl (C=O) groups excluding carboxylic acids is 2. The van der Waals surface area contributed by atoms with E-state index in [0.717, 1.165) is 34.2 Å². The molecule has 1 aromatic heterocycles. The highest BCUT2D eigenvalue weighted by Gasteiger charge is 2.32. The predicted octanol–water partition coefficient (Wildman–Crippen LogP) is 4.99. The zero-order chi connectivity index (χ0) is 29.6. The van der Waals surface area contributed by atoms with Gasteiger partial charge in [0.05, 0.1) is 44.5 Å². The van der Waals surface area contributed by atoms with Gasteiger partial charge in [0.2, 0.25) is 0 Å². The van der Waals surface area contributed by atoms with Gasteiger partial charge >= 0.3 is 6.09 Å². The highest BCUT2D eigenvalue weighted by atomic mass is 16.6. The average molecular weight is 565 g/mol. The Hall–Kier alpha value is -4.21. The van der Waals surface area contributed by atoms with Gasteiger partial charge in [-0.3, -0.25) is 4.79 Å². The highest BCUT2D eigenvalue weighted by Crippen LogP contribution is 2.33. The summed E-state index contributed by atoms with van der Waals surface area (Å²) in [5, 5.41) is 7.69. The van der Waals surface area contributed by atoms with Crippen LogP contribution in [-0.2, 0) is 11.2 Å². The summed E-state index contributed by atoms with van der Waals surface area (Å²) in [4.78, 5) is 27.9. The molecule has 2 aromatic carbocycles. The van der Waals surface area contributed by atoms with Gasteiger partial charge in [0.1, 0.15) is 22.8 Å². The molecule has 10 nitrogen and oxygen atoms in total. The lowest BCUT2D eigenvalue weighted by Crippen LogP contribution is -2.41. The monoisotopic (exact) mass is 564 g/mol. The molecular weight excluding hydrogens is 524 g/mol. The maximum atomic E-state index is 13.5. The Morgan fingerprint density at radius 3 is 2.22 bits per heavy atom. The number of hydrogen-bond acceptors (Lipinski definition) is 7. The topological polar surface area (TPSA) is 104 Å². The molecule has 2 heterocycles. The van der Waals surface area contributed by atoms with Crippen molar-refractivity contribution in [1.82, 2.24) is 20.0 Å². The van der Waals surface area contributed by atoms with Gasteiger partial charge in [-0.1, -0.05) is 0 Å². The van der Waals surface area contributed by atoms with Crippen molar-refractivity contribution in [3.05, 3.63) is 65.5 Å². The van der Waals surface area contributed by atoms with E-state index < -0.39 is 5.60 Å². The van der Waals surface area contributed by atoms with Crippen molar-refractivity contribution >= 4 is 12.0 Å². The van der Waals surface area contributed by atoms with Crippen LogP contribution in [0.25, 0.3) is 5.69 Å². The van der Waals surface area contributed by atoms with Crippen molar-refractivity contribution in [2.24, 2.45) is 0 Å². The fourth-order valence-corrected chi connectivity index (χ4v) is 5.00. The van der Waals surface area contributed by atoms with E-state index >= 15 is 0 Å². The van der Waals surface area contributed by atoms with E-state index in [-0.39, 0.29) is 17.9 Å². The Bertz CT molecular complexity index is 1340. The third-order valence-corrected chi connectivity index (χ3v) is 7.07. The number of nitrogens with one attached hydrogen (secondary N) is 1. The van der Waals surface area contributed by atoms with Crippen molar-refractivity contribution in [2.75, 3.05) is 41.0 Å². The van der Waals surface area contributed by atoms with Crippen LogP contribution in [0, 0.1) is 0 Å². The predicted molar refractivity (Wildman–Crippen MR) is 155 cm³/mol. The molecule has 0 atom stereocenters. The number of hydrogen-bond donors (Lipinski definition) is 1. The van der Waals surface area contributed by atoms with E-state index in [0.29, 0.717) is 44.5 Å². The molecule has 0 radical (unpaired) electrons. The summed E-state index contributed by atoms with van der Waals surface area (Å²) in [6.45, 7) is 7.06. The lowest BCUT2D eigenvalue weighted by atomic mass is 9.90. The Morgan fingerprint density at radius 1 is 0.951 bits per heavy atom. The Kier molecular flexibility index (Phi) is 9.42. The van der Waals surface area contributed by atoms with E-state index in [4.69, 9.17) is 18.9 Å². The second kappa shape index (κ2) is 13.0. The van der Waals surface area contributed by atoms with Crippen molar-refractivity contribution in [1.29, 1.82) is 0 Å². The third-order valence-electron chi connectivity index (χ3n) is 7.07. The molecule has 220 valence electrons. The van der Waals surface area contributed by atoms with Crippen LogP contribution < -0.4 is 19.5 Å². The van der Waals surface area contributed by atoms with Crippen LogP contribution in [0.3, 0.4) is 0 Å². The Labute approximate surface area is 241 Å². The summed E-state index contributed by atoms with van der Waals surface area (Å²) in [5.41, 5.74) is 2.57. The minimum atomic E-state index is -0.554. The number of ether oxygens (including phenoxy) is 4. The summed E-state index contributed by atoms with van der Waals surface area (Å²) in [7, 11) is 4.86. The molecule has 0 unspecified atom stereocenters. The van der Waals surface area contributed by atoms with Crippen LogP contribution in [0.2, 0.25) is 0 Å². The molecule has 0 saturated carbocycles. The fraction of sp³-hybridized carbons (Fsp3) is 0.452. The van der Waals surface area contributed by atoms with Crippen molar-refractivity contribution < 1.29 is 28.5 Å². The smallest absolute Gasteiger partial charge is 0.410 e. The first-order valence-electron chi connectivity index (χ1n) is 13.8. The number of methoxy groups -OCH3 is 3. The highest BCUT2D eigenvalue weighted by molar-refractivity contribution is 5.95. The molecular formula is C31H40N4O6. The molecule has 1 N–H and O–H groups in total. The van der Waals surface area contributed by atoms with Crippen LogP contribution in [-0.4, -0.2) is 73.2 Å². The number of carbonyl (C=O) groups is 2. The third kappa shape index (κ3) is 7.31. The lowest BCUT2D eigenvalue weighted by Gasteiger charge is -2.34. The first-order chi connectivity index (χ1) is 19.6. The van der Waals surface area contributed by atoms with Crippen LogP contribution >= 0.6 is 0 Å². The number of nitrogens with zero attached hydrogens (tertiary/aromatic N) is 3. The fourth-order valence-electron chi connectivity index (χ4n) is 5.00. The van der Waals surface area contributed by atoms with Crippen molar-refractivity contribution in [3.63, 3.8) is 0 Å². The molecule has 10 heteroatoms. The van der Waals surface area contributed by atoms with E-state index in [1.165, 1.54) is 0 Å². The van der Waals surface area contributed by atoms with Gasteiger partial charge in [0.25, 0.3) is 5.91 Å². The van der Waals surface area contributed by atoms with Gasteiger partial charge in [-0.05, 0) is 88.1 Å². The number of rotatable bonds is 9. The largest absolute Gasteiger partial charge is 0.497 e. The molecule has 1 fully saturated rings. The molecule has 2 amide bonds. The number of benzene rings is 2. The Morgan fingerprint density at radius 2 is 1.61 bits per heavy atom. The lowest BCUT2D eigenvalue weighted by molar-refractivity contribution is 0.0203. The molecule has 1 aliphatic heterocycles. The number of amides is 2. The zero-order valence-electron chi connectivity index (χ0n) is 24.7. The molecule has 1 saturated heterocycles. The molecule has 3 aromatic rings. The second-order valence-electron chi connectivity index (χ2n) is 11.0.